The second-order valence-corrected chi connectivity index (χ2v) is 9.91. The minimum absolute atomic E-state index is 0.0692. The Hall–Kier alpha value is -6.22. The zero-order valence-corrected chi connectivity index (χ0v) is 22.2. The maximum atomic E-state index is 12.3. The Morgan fingerprint density at radius 3 is 1.21 bits per heavy atom. The van der Waals surface area contributed by atoms with Gasteiger partial charge in [-0.15, -0.1) is 0 Å². The van der Waals surface area contributed by atoms with E-state index in [0.717, 1.165) is 33.0 Å². The van der Waals surface area contributed by atoms with Crippen LogP contribution in [0, 0.1) is 0 Å². The van der Waals surface area contributed by atoms with Gasteiger partial charge < -0.3 is 25.0 Å². The molecule has 1 heterocycles. The van der Waals surface area contributed by atoms with Crippen LogP contribution in [0.15, 0.2) is 103 Å². The topological polar surface area (TPSA) is 154 Å². The summed E-state index contributed by atoms with van der Waals surface area (Å²) < 4.78 is 1.72. The summed E-state index contributed by atoms with van der Waals surface area (Å²) in [6.07, 6.45) is 0. The summed E-state index contributed by atoms with van der Waals surface area (Å²) in [5.74, 6) is -4.48. The minimum Gasteiger partial charge on any atom is -0.478 e. The van der Waals surface area contributed by atoms with Crippen LogP contribution < -0.4 is 0 Å². The van der Waals surface area contributed by atoms with Gasteiger partial charge >= 0.3 is 23.9 Å². The second-order valence-electron chi connectivity index (χ2n) is 9.91. The predicted molar refractivity (Wildman–Crippen MR) is 159 cm³/mol. The Kier molecular flexibility index (Phi) is 6.47. The van der Waals surface area contributed by atoms with E-state index >= 15 is 0 Å². The molecule has 0 aliphatic rings. The smallest absolute Gasteiger partial charge is 0.337 e. The Balaban J connectivity index is 1.64. The van der Waals surface area contributed by atoms with Crippen LogP contribution in [0.25, 0.3) is 49.7 Å². The lowest BCUT2D eigenvalue weighted by Gasteiger charge is -2.13. The van der Waals surface area contributed by atoms with Crippen molar-refractivity contribution in [2.45, 2.75) is 0 Å². The average Bonchev–Trinajstić information content (AvgIpc) is 3.33. The van der Waals surface area contributed by atoms with Crippen LogP contribution in [0.3, 0.4) is 0 Å². The average molecular weight is 572 g/mol. The van der Waals surface area contributed by atoms with Gasteiger partial charge in [0, 0.05) is 10.8 Å². The maximum absolute atomic E-state index is 12.3. The molecule has 0 saturated carbocycles. The molecule has 0 spiro atoms. The van der Waals surface area contributed by atoms with E-state index in [-0.39, 0.29) is 27.9 Å². The molecule has 6 rings (SSSR count). The molecule has 0 fully saturated rings. The Morgan fingerprint density at radius 2 is 0.814 bits per heavy atom. The number of carboxylic acid groups (broad SMARTS) is 4. The van der Waals surface area contributed by atoms with Gasteiger partial charge in [0.2, 0.25) is 0 Å². The third-order valence-electron chi connectivity index (χ3n) is 7.41. The number of rotatable bonds is 7. The molecule has 9 heteroatoms. The monoisotopic (exact) mass is 571 g/mol. The number of carboxylic acids is 4. The molecule has 9 nitrogen and oxygen atoms in total. The summed E-state index contributed by atoms with van der Waals surface area (Å²) in [6.45, 7) is 0. The van der Waals surface area contributed by atoms with Gasteiger partial charge in [-0.2, -0.15) is 0 Å². The summed E-state index contributed by atoms with van der Waals surface area (Å²) >= 11 is 0. The van der Waals surface area contributed by atoms with Crippen molar-refractivity contribution in [1.82, 2.24) is 4.57 Å². The first kappa shape index (κ1) is 27.0. The number of hydrogen-bond acceptors (Lipinski definition) is 4. The quantitative estimate of drug-likeness (QED) is 0.161. The molecule has 0 unspecified atom stereocenters. The van der Waals surface area contributed by atoms with Crippen molar-refractivity contribution in [3.05, 3.63) is 125 Å². The standard InChI is InChI=1S/C34H21NO8/c36-31(37)20-5-1-18(2-6-20)22-10-13-28-26(15-22)27-16-23(19-3-7-21(8-4-19)32(38)39)11-14-29(27)35(28)30-17-24(33(40)41)9-12-25(30)34(42)43/h1-17H,(H,36,37)(H,38,39)(H,40,41)(H,42,43). The first-order valence-corrected chi connectivity index (χ1v) is 13.0. The van der Waals surface area contributed by atoms with Crippen molar-refractivity contribution in [3.63, 3.8) is 0 Å². The van der Waals surface area contributed by atoms with Crippen LogP contribution in [0.2, 0.25) is 0 Å². The molecule has 0 amide bonds. The molecule has 43 heavy (non-hydrogen) atoms. The molecule has 0 aliphatic carbocycles. The van der Waals surface area contributed by atoms with Gasteiger partial charge in [0.1, 0.15) is 0 Å². The van der Waals surface area contributed by atoms with Gasteiger partial charge in [-0.05, 0) is 89.0 Å². The molecule has 1 aromatic heterocycles. The summed E-state index contributed by atoms with van der Waals surface area (Å²) in [7, 11) is 0. The Labute approximate surface area is 243 Å². The molecule has 0 radical (unpaired) electrons. The molecule has 210 valence electrons. The second kappa shape index (κ2) is 10.3. The lowest BCUT2D eigenvalue weighted by Crippen LogP contribution is -2.08. The van der Waals surface area contributed by atoms with Crippen LogP contribution in [0.4, 0.5) is 0 Å². The van der Waals surface area contributed by atoms with E-state index in [4.69, 9.17) is 0 Å². The summed E-state index contributed by atoms with van der Waals surface area (Å²) in [4.78, 5) is 46.8. The molecule has 0 saturated heterocycles. The van der Waals surface area contributed by atoms with E-state index in [1.165, 1.54) is 42.5 Å². The number of benzene rings is 5. The fraction of sp³-hybridized carbons (Fsp3) is 0. The van der Waals surface area contributed by atoms with Crippen molar-refractivity contribution in [3.8, 4) is 27.9 Å². The SMILES string of the molecule is O=C(O)c1ccc(-c2ccc3c(c2)c2cc(-c4ccc(C(=O)O)cc4)ccc2n3-c2cc(C(=O)O)ccc2C(=O)O)cc1. The van der Waals surface area contributed by atoms with Gasteiger partial charge in [-0.1, -0.05) is 36.4 Å². The molecular formula is C34H21NO8. The van der Waals surface area contributed by atoms with E-state index in [2.05, 4.69) is 0 Å². The van der Waals surface area contributed by atoms with E-state index in [0.29, 0.717) is 11.0 Å². The summed E-state index contributed by atoms with van der Waals surface area (Å²) in [5.41, 5.74) is 4.72. The van der Waals surface area contributed by atoms with Gasteiger partial charge in [-0.25, -0.2) is 19.2 Å². The van der Waals surface area contributed by atoms with Crippen LogP contribution >= 0.6 is 0 Å². The number of aromatic nitrogens is 1. The zero-order valence-electron chi connectivity index (χ0n) is 22.2. The molecule has 4 N–H and O–H groups in total. The van der Waals surface area contributed by atoms with Crippen molar-refractivity contribution in [2.75, 3.05) is 0 Å². The highest BCUT2D eigenvalue weighted by Crippen LogP contribution is 2.38. The van der Waals surface area contributed by atoms with E-state index < -0.39 is 23.9 Å². The number of fused-ring (bicyclic) bond motifs is 3. The fourth-order valence-corrected chi connectivity index (χ4v) is 5.28. The van der Waals surface area contributed by atoms with Crippen molar-refractivity contribution in [2.24, 2.45) is 0 Å². The Morgan fingerprint density at radius 1 is 0.419 bits per heavy atom. The first-order chi connectivity index (χ1) is 20.6. The van der Waals surface area contributed by atoms with Crippen molar-refractivity contribution < 1.29 is 39.6 Å². The van der Waals surface area contributed by atoms with E-state index in [1.807, 2.05) is 36.4 Å². The molecule has 5 aromatic carbocycles. The lowest BCUT2D eigenvalue weighted by molar-refractivity contribution is 0.0681. The van der Waals surface area contributed by atoms with Crippen LogP contribution in [-0.4, -0.2) is 48.9 Å². The Bertz CT molecular complexity index is 2010. The third-order valence-corrected chi connectivity index (χ3v) is 7.41. The normalized spacial score (nSPS) is 11.1. The lowest BCUT2D eigenvalue weighted by atomic mass is 9.99. The van der Waals surface area contributed by atoms with Crippen LogP contribution in [0.1, 0.15) is 41.4 Å². The largest absolute Gasteiger partial charge is 0.478 e. The number of nitrogens with zero attached hydrogens (tertiary/aromatic N) is 1. The summed E-state index contributed by atoms with van der Waals surface area (Å²) in [6, 6.07) is 27.9. The third kappa shape index (κ3) is 4.74. The highest BCUT2D eigenvalue weighted by Gasteiger charge is 2.21. The fourth-order valence-electron chi connectivity index (χ4n) is 5.28. The van der Waals surface area contributed by atoms with Crippen molar-refractivity contribution >= 4 is 45.7 Å². The maximum Gasteiger partial charge on any atom is 0.337 e. The molecular weight excluding hydrogens is 550 g/mol. The number of aromatic carboxylic acids is 4. The zero-order chi connectivity index (χ0) is 30.4. The first-order valence-electron chi connectivity index (χ1n) is 13.0. The van der Waals surface area contributed by atoms with Gasteiger partial charge in [0.15, 0.2) is 0 Å². The highest BCUT2D eigenvalue weighted by molar-refractivity contribution is 6.12. The number of hydrogen-bond donors (Lipinski definition) is 4. The minimum atomic E-state index is -1.22. The number of carbonyl (C=O) groups is 4. The molecule has 6 aromatic rings. The van der Waals surface area contributed by atoms with Gasteiger partial charge in [0.05, 0.1) is 39.0 Å². The van der Waals surface area contributed by atoms with Crippen molar-refractivity contribution in [1.29, 1.82) is 0 Å². The van der Waals surface area contributed by atoms with Gasteiger partial charge in [0.25, 0.3) is 0 Å². The van der Waals surface area contributed by atoms with E-state index in [1.54, 1.807) is 28.8 Å². The molecule has 0 atom stereocenters. The van der Waals surface area contributed by atoms with Crippen LogP contribution in [0.5, 0.6) is 0 Å². The summed E-state index contributed by atoms with van der Waals surface area (Å²) in [5, 5.41) is 39.7. The predicted octanol–water partition coefficient (Wildman–Crippen LogP) is 6.91. The highest BCUT2D eigenvalue weighted by atomic mass is 16.4. The van der Waals surface area contributed by atoms with E-state index in [9.17, 15) is 39.6 Å². The van der Waals surface area contributed by atoms with Gasteiger partial charge in [-0.3, -0.25) is 0 Å². The van der Waals surface area contributed by atoms with Crippen LogP contribution in [-0.2, 0) is 0 Å². The molecule has 0 aliphatic heterocycles. The molecule has 0 bridgehead atoms.